The number of nitrogens with zero attached hydrogens (tertiary/aromatic N) is 1. The highest BCUT2D eigenvalue weighted by atomic mass is 16.4. The van der Waals surface area contributed by atoms with Gasteiger partial charge in [0, 0.05) is 25.2 Å². The van der Waals surface area contributed by atoms with Crippen molar-refractivity contribution < 1.29 is 9.90 Å². The van der Waals surface area contributed by atoms with E-state index in [9.17, 15) is 4.79 Å². The molecule has 0 fully saturated rings. The third-order valence-corrected chi connectivity index (χ3v) is 2.57. The Bertz CT molecular complexity index is 311. The van der Waals surface area contributed by atoms with Crippen molar-refractivity contribution in [2.75, 3.05) is 18.0 Å². The van der Waals surface area contributed by atoms with Gasteiger partial charge in [0.25, 0.3) is 0 Å². The van der Waals surface area contributed by atoms with E-state index in [4.69, 9.17) is 5.11 Å². The average molecular weight is 221 g/mol. The summed E-state index contributed by atoms with van der Waals surface area (Å²) < 4.78 is 0. The highest BCUT2D eigenvalue weighted by Crippen LogP contribution is 2.13. The molecule has 88 valence electrons. The Morgan fingerprint density at radius 3 is 2.50 bits per heavy atom. The molecule has 0 aliphatic rings. The minimum Gasteiger partial charge on any atom is -0.481 e. The van der Waals surface area contributed by atoms with E-state index < -0.39 is 5.97 Å². The summed E-state index contributed by atoms with van der Waals surface area (Å²) in [6.07, 6.45) is 1.94. The Kier molecular flexibility index (Phi) is 5.40. The number of rotatable bonds is 7. The zero-order chi connectivity index (χ0) is 11.8. The number of hydrogen-bond acceptors (Lipinski definition) is 2. The first kappa shape index (κ1) is 12.6. The lowest BCUT2D eigenvalue weighted by molar-refractivity contribution is -0.137. The second-order valence-corrected chi connectivity index (χ2v) is 3.77. The van der Waals surface area contributed by atoms with Crippen LogP contribution < -0.4 is 4.90 Å². The van der Waals surface area contributed by atoms with Crippen LogP contribution in [0.2, 0.25) is 0 Å². The van der Waals surface area contributed by atoms with Gasteiger partial charge in [-0.2, -0.15) is 0 Å². The molecule has 0 heterocycles. The van der Waals surface area contributed by atoms with Crippen LogP contribution in [0, 0.1) is 0 Å². The number of carboxylic acids is 1. The van der Waals surface area contributed by atoms with Crippen LogP contribution >= 0.6 is 0 Å². The van der Waals surface area contributed by atoms with E-state index >= 15 is 0 Å². The summed E-state index contributed by atoms with van der Waals surface area (Å²) in [6, 6.07) is 10.2. The molecule has 0 saturated heterocycles. The number of anilines is 1. The molecule has 1 rings (SSSR count). The molecular formula is C13H19NO2. The Labute approximate surface area is 96.7 Å². The Hall–Kier alpha value is -1.51. The largest absolute Gasteiger partial charge is 0.481 e. The van der Waals surface area contributed by atoms with E-state index in [1.165, 1.54) is 5.69 Å². The quantitative estimate of drug-likeness (QED) is 0.720. The summed E-state index contributed by atoms with van der Waals surface area (Å²) >= 11 is 0. The number of benzene rings is 1. The second kappa shape index (κ2) is 6.88. The molecule has 1 aromatic carbocycles. The van der Waals surface area contributed by atoms with Crippen molar-refractivity contribution in [2.45, 2.75) is 26.2 Å². The fourth-order valence-electron chi connectivity index (χ4n) is 1.69. The van der Waals surface area contributed by atoms with E-state index in [1.807, 2.05) is 18.2 Å². The first-order chi connectivity index (χ1) is 7.74. The molecule has 0 spiro atoms. The van der Waals surface area contributed by atoms with Crippen LogP contribution in [0.15, 0.2) is 30.3 Å². The van der Waals surface area contributed by atoms with Gasteiger partial charge in [-0.1, -0.05) is 18.2 Å². The van der Waals surface area contributed by atoms with Gasteiger partial charge in [-0.15, -0.1) is 0 Å². The molecule has 0 aromatic heterocycles. The SMILES string of the molecule is CCN(CCCCC(=O)O)c1ccccc1. The van der Waals surface area contributed by atoms with Crippen LogP contribution in [-0.4, -0.2) is 24.2 Å². The van der Waals surface area contributed by atoms with E-state index in [2.05, 4.69) is 24.0 Å². The maximum atomic E-state index is 10.4. The lowest BCUT2D eigenvalue weighted by Crippen LogP contribution is -2.23. The summed E-state index contributed by atoms with van der Waals surface area (Å²) in [4.78, 5) is 12.6. The van der Waals surface area contributed by atoms with Gasteiger partial charge in [0.15, 0.2) is 0 Å². The number of carbonyl (C=O) groups is 1. The van der Waals surface area contributed by atoms with E-state index in [0.717, 1.165) is 25.9 Å². The molecule has 0 saturated carbocycles. The zero-order valence-corrected chi connectivity index (χ0v) is 9.72. The fraction of sp³-hybridized carbons (Fsp3) is 0.462. The van der Waals surface area contributed by atoms with Crippen LogP contribution in [0.4, 0.5) is 5.69 Å². The molecule has 0 atom stereocenters. The maximum Gasteiger partial charge on any atom is 0.303 e. The number of aliphatic carboxylic acids is 1. The van der Waals surface area contributed by atoms with Gasteiger partial charge >= 0.3 is 5.97 Å². The van der Waals surface area contributed by atoms with Crippen molar-refractivity contribution in [2.24, 2.45) is 0 Å². The van der Waals surface area contributed by atoms with Gasteiger partial charge in [0.05, 0.1) is 0 Å². The minimum absolute atomic E-state index is 0.270. The molecule has 0 radical (unpaired) electrons. The van der Waals surface area contributed by atoms with Crippen molar-refractivity contribution in [3.8, 4) is 0 Å². The molecule has 0 amide bonds. The van der Waals surface area contributed by atoms with Crippen molar-refractivity contribution >= 4 is 11.7 Å². The standard InChI is InChI=1S/C13H19NO2/c1-2-14(11-7-6-10-13(15)16)12-8-4-3-5-9-12/h3-5,8-9H,2,6-7,10-11H2,1H3,(H,15,16). The van der Waals surface area contributed by atoms with Crippen LogP contribution in [0.25, 0.3) is 0 Å². The molecular weight excluding hydrogens is 202 g/mol. The van der Waals surface area contributed by atoms with E-state index in [0.29, 0.717) is 0 Å². The lowest BCUT2D eigenvalue weighted by Gasteiger charge is -2.22. The topological polar surface area (TPSA) is 40.5 Å². The number of hydrogen-bond donors (Lipinski definition) is 1. The van der Waals surface area contributed by atoms with Crippen molar-refractivity contribution in [3.63, 3.8) is 0 Å². The normalized spacial score (nSPS) is 10.1. The third-order valence-electron chi connectivity index (χ3n) is 2.57. The number of carboxylic acid groups (broad SMARTS) is 1. The van der Waals surface area contributed by atoms with Gasteiger partial charge < -0.3 is 10.0 Å². The molecule has 1 aromatic rings. The lowest BCUT2D eigenvalue weighted by atomic mass is 10.2. The Morgan fingerprint density at radius 1 is 1.25 bits per heavy atom. The highest BCUT2D eigenvalue weighted by molar-refractivity contribution is 5.66. The first-order valence-electron chi connectivity index (χ1n) is 5.76. The van der Waals surface area contributed by atoms with Crippen molar-refractivity contribution in [3.05, 3.63) is 30.3 Å². The maximum absolute atomic E-state index is 10.4. The summed E-state index contributed by atoms with van der Waals surface area (Å²) in [5.41, 5.74) is 1.21. The second-order valence-electron chi connectivity index (χ2n) is 3.77. The van der Waals surface area contributed by atoms with Crippen LogP contribution in [-0.2, 0) is 4.79 Å². The molecule has 3 heteroatoms. The van der Waals surface area contributed by atoms with Crippen LogP contribution in [0.1, 0.15) is 26.2 Å². The van der Waals surface area contributed by atoms with Crippen LogP contribution in [0.5, 0.6) is 0 Å². The molecule has 0 bridgehead atoms. The van der Waals surface area contributed by atoms with Gasteiger partial charge in [0.2, 0.25) is 0 Å². The van der Waals surface area contributed by atoms with Crippen LogP contribution in [0.3, 0.4) is 0 Å². The van der Waals surface area contributed by atoms with Gasteiger partial charge in [-0.05, 0) is 31.9 Å². The van der Waals surface area contributed by atoms with Gasteiger partial charge in [-0.3, -0.25) is 4.79 Å². The Morgan fingerprint density at radius 2 is 1.94 bits per heavy atom. The fourth-order valence-corrected chi connectivity index (χ4v) is 1.69. The average Bonchev–Trinajstić information content (AvgIpc) is 2.30. The van der Waals surface area contributed by atoms with Gasteiger partial charge in [-0.25, -0.2) is 0 Å². The smallest absolute Gasteiger partial charge is 0.303 e. The molecule has 0 aliphatic carbocycles. The molecule has 1 N–H and O–H groups in total. The van der Waals surface area contributed by atoms with Gasteiger partial charge in [0.1, 0.15) is 0 Å². The molecule has 0 aliphatic heterocycles. The predicted molar refractivity (Wildman–Crippen MR) is 65.8 cm³/mol. The molecule has 0 unspecified atom stereocenters. The highest BCUT2D eigenvalue weighted by Gasteiger charge is 2.03. The zero-order valence-electron chi connectivity index (χ0n) is 9.72. The monoisotopic (exact) mass is 221 g/mol. The summed E-state index contributed by atoms with van der Waals surface area (Å²) in [5.74, 6) is -0.706. The molecule has 3 nitrogen and oxygen atoms in total. The summed E-state index contributed by atoms with van der Waals surface area (Å²) in [6.45, 7) is 4.00. The Balaban J connectivity index is 2.35. The first-order valence-corrected chi connectivity index (χ1v) is 5.76. The summed E-state index contributed by atoms with van der Waals surface area (Å²) in [5, 5.41) is 8.54. The summed E-state index contributed by atoms with van der Waals surface area (Å²) in [7, 11) is 0. The van der Waals surface area contributed by atoms with Crippen molar-refractivity contribution in [1.29, 1.82) is 0 Å². The van der Waals surface area contributed by atoms with E-state index in [1.54, 1.807) is 0 Å². The van der Waals surface area contributed by atoms with E-state index in [-0.39, 0.29) is 6.42 Å². The third kappa shape index (κ3) is 4.34. The number of para-hydroxylation sites is 1. The predicted octanol–water partition coefficient (Wildman–Crippen LogP) is 2.77. The van der Waals surface area contributed by atoms with Crippen molar-refractivity contribution in [1.82, 2.24) is 0 Å². The molecule has 16 heavy (non-hydrogen) atoms. The number of unbranched alkanes of at least 4 members (excludes halogenated alkanes) is 1. The minimum atomic E-state index is -0.706.